The van der Waals surface area contributed by atoms with Gasteiger partial charge in [0, 0.05) is 31.7 Å². The first-order valence-corrected chi connectivity index (χ1v) is 12.2. The van der Waals surface area contributed by atoms with Crippen molar-refractivity contribution in [2.75, 3.05) is 25.0 Å². The van der Waals surface area contributed by atoms with Gasteiger partial charge in [-0.15, -0.1) is 0 Å². The third-order valence-electron chi connectivity index (χ3n) is 8.04. The Morgan fingerprint density at radius 3 is 2.43 bits per heavy atom. The quantitative estimate of drug-likeness (QED) is 0.544. The van der Waals surface area contributed by atoms with Crippen molar-refractivity contribution in [2.24, 2.45) is 0 Å². The molecule has 2 aliphatic heterocycles. The predicted octanol–water partition coefficient (Wildman–Crippen LogP) is 2.76. The van der Waals surface area contributed by atoms with E-state index in [1.165, 1.54) is 7.05 Å². The Bertz CT molecular complexity index is 1330. The number of hydrogen-bond acceptors (Lipinski definition) is 5. The number of hydrogen-bond donors (Lipinski definition) is 3. The molecule has 6 rings (SSSR count). The minimum Gasteiger partial charge on any atom is -0.386 e. The van der Waals surface area contributed by atoms with Crippen LogP contribution in [0.2, 0.25) is 0 Å². The molecule has 0 aromatic heterocycles. The second-order valence-electron chi connectivity index (χ2n) is 9.85. The SMILES string of the molecule is CNC(=O)C[C@]1(O)C(=O)N(C2CCN(C3c4cccc5cccc(c45)[C@@H]3O)CC2)c2ccccc21. The summed E-state index contributed by atoms with van der Waals surface area (Å²) in [6, 6.07) is 19.4. The van der Waals surface area contributed by atoms with E-state index in [2.05, 4.69) is 28.4 Å². The number of likely N-dealkylation sites (tertiary alicyclic amines) is 1. The van der Waals surface area contributed by atoms with Crippen molar-refractivity contribution in [2.45, 2.75) is 43.1 Å². The molecule has 0 radical (unpaired) electrons. The molecule has 3 N–H and O–H groups in total. The van der Waals surface area contributed by atoms with E-state index < -0.39 is 17.6 Å². The van der Waals surface area contributed by atoms with Gasteiger partial charge in [-0.05, 0) is 40.8 Å². The Hall–Kier alpha value is -3.26. The summed E-state index contributed by atoms with van der Waals surface area (Å²) >= 11 is 0. The number of nitrogens with zero attached hydrogens (tertiary/aromatic N) is 2. The fraction of sp³-hybridized carbons (Fsp3) is 0.357. The fourth-order valence-corrected chi connectivity index (χ4v) is 6.36. The van der Waals surface area contributed by atoms with Crippen LogP contribution < -0.4 is 10.2 Å². The van der Waals surface area contributed by atoms with Crippen molar-refractivity contribution in [3.05, 3.63) is 77.4 Å². The maximum absolute atomic E-state index is 13.5. The first-order valence-electron chi connectivity index (χ1n) is 12.2. The van der Waals surface area contributed by atoms with Gasteiger partial charge in [0.15, 0.2) is 5.60 Å². The van der Waals surface area contributed by atoms with Crippen LogP contribution in [0.25, 0.3) is 10.8 Å². The minimum absolute atomic E-state index is 0.0877. The summed E-state index contributed by atoms with van der Waals surface area (Å²) in [5.74, 6) is -0.810. The standard InChI is InChI=1S/C28H29N3O4/c1-29-23(32)16-28(35)21-10-2-3-11-22(21)31(27(28)34)18-12-14-30(15-13-18)25-19-8-4-6-17-7-5-9-20(24(17)19)26(25)33/h2-11,18,25-26,33,35H,12-16H2,1H3,(H,29,32)/t25?,26-,28+/m0/s1. The molecule has 1 saturated heterocycles. The van der Waals surface area contributed by atoms with Gasteiger partial charge in [-0.2, -0.15) is 0 Å². The number of aliphatic hydroxyl groups excluding tert-OH is 1. The van der Waals surface area contributed by atoms with Crippen molar-refractivity contribution in [1.82, 2.24) is 10.2 Å². The maximum Gasteiger partial charge on any atom is 0.264 e. The number of fused-ring (bicyclic) bond motifs is 1. The Balaban J connectivity index is 1.25. The van der Waals surface area contributed by atoms with Crippen LogP contribution in [0.5, 0.6) is 0 Å². The molecule has 0 spiro atoms. The molecular weight excluding hydrogens is 442 g/mol. The third-order valence-corrected chi connectivity index (χ3v) is 8.04. The highest BCUT2D eigenvalue weighted by Crippen LogP contribution is 2.49. The molecule has 35 heavy (non-hydrogen) atoms. The lowest BCUT2D eigenvalue weighted by Gasteiger charge is -2.41. The Labute approximate surface area is 204 Å². The van der Waals surface area contributed by atoms with E-state index in [9.17, 15) is 19.8 Å². The Kier molecular flexibility index (Phi) is 5.18. The third kappa shape index (κ3) is 3.22. The number of amides is 2. The lowest BCUT2D eigenvalue weighted by Crippen LogP contribution is -2.51. The topological polar surface area (TPSA) is 93.1 Å². The minimum atomic E-state index is -1.85. The molecule has 3 atom stereocenters. The van der Waals surface area contributed by atoms with Gasteiger partial charge in [0.1, 0.15) is 0 Å². The smallest absolute Gasteiger partial charge is 0.264 e. The molecule has 3 aromatic rings. The van der Waals surface area contributed by atoms with Crippen LogP contribution in [0.15, 0.2) is 60.7 Å². The first-order chi connectivity index (χ1) is 16.9. The number of para-hydroxylation sites is 1. The van der Waals surface area contributed by atoms with Crippen LogP contribution in [0.1, 0.15) is 48.1 Å². The van der Waals surface area contributed by atoms with Crippen LogP contribution in [-0.2, 0) is 15.2 Å². The summed E-state index contributed by atoms with van der Waals surface area (Å²) in [6.45, 7) is 1.44. The van der Waals surface area contributed by atoms with Crippen LogP contribution in [-0.4, -0.2) is 53.1 Å². The van der Waals surface area contributed by atoms with E-state index in [1.54, 1.807) is 17.0 Å². The largest absolute Gasteiger partial charge is 0.386 e. The molecule has 7 nitrogen and oxygen atoms in total. The molecule has 2 heterocycles. The number of benzene rings is 3. The second-order valence-corrected chi connectivity index (χ2v) is 9.85. The fourth-order valence-electron chi connectivity index (χ4n) is 6.36. The average molecular weight is 472 g/mol. The molecule has 0 saturated carbocycles. The molecule has 0 bridgehead atoms. The van der Waals surface area contributed by atoms with E-state index in [0.29, 0.717) is 24.1 Å². The molecule has 2 amide bonds. The predicted molar refractivity (Wildman–Crippen MR) is 133 cm³/mol. The number of carbonyl (C=O) groups is 2. The number of piperidine rings is 1. The number of carbonyl (C=O) groups excluding carboxylic acids is 2. The zero-order valence-corrected chi connectivity index (χ0v) is 19.6. The zero-order chi connectivity index (χ0) is 24.3. The number of rotatable bonds is 4. The summed E-state index contributed by atoms with van der Waals surface area (Å²) in [6.07, 6.45) is 0.544. The molecule has 3 aromatic carbocycles. The number of anilines is 1. The van der Waals surface area contributed by atoms with Crippen molar-refractivity contribution >= 4 is 28.3 Å². The Morgan fingerprint density at radius 2 is 1.71 bits per heavy atom. The summed E-state index contributed by atoms with van der Waals surface area (Å²) in [4.78, 5) is 29.7. The number of nitrogens with one attached hydrogen (secondary N) is 1. The lowest BCUT2D eigenvalue weighted by atomic mass is 9.91. The molecule has 180 valence electrons. The van der Waals surface area contributed by atoms with E-state index in [-0.39, 0.29) is 24.4 Å². The maximum atomic E-state index is 13.5. The van der Waals surface area contributed by atoms with E-state index in [0.717, 1.165) is 35.0 Å². The lowest BCUT2D eigenvalue weighted by molar-refractivity contribution is -0.143. The van der Waals surface area contributed by atoms with Gasteiger partial charge >= 0.3 is 0 Å². The van der Waals surface area contributed by atoms with Gasteiger partial charge in [-0.3, -0.25) is 14.5 Å². The monoisotopic (exact) mass is 471 g/mol. The van der Waals surface area contributed by atoms with Gasteiger partial charge in [0.05, 0.1) is 24.3 Å². The Morgan fingerprint density at radius 1 is 1.03 bits per heavy atom. The van der Waals surface area contributed by atoms with Gasteiger partial charge < -0.3 is 20.4 Å². The highest BCUT2D eigenvalue weighted by atomic mass is 16.3. The highest BCUT2D eigenvalue weighted by Gasteiger charge is 2.53. The molecular formula is C28H29N3O4. The molecule has 1 fully saturated rings. The van der Waals surface area contributed by atoms with Gasteiger partial charge in [0.2, 0.25) is 5.91 Å². The van der Waals surface area contributed by atoms with E-state index in [4.69, 9.17) is 0 Å². The van der Waals surface area contributed by atoms with Crippen LogP contribution >= 0.6 is 0 Å². The van der Waals surface area contributed by atoms with Crippen LogP contribution in [0.4, 0.5) is 5.69 Å². The molecule has 7 heteroatoms. The summed E-state index contributed by atoms with van der Waals surface area (Å²) in [5, 5.41) is 27.4. The summed E-state index contributed by atoms with van der Waals surface area (Å²) < 4.78 is 0. The van der Waals surface area contributed by atoms with Crippen LogP contribution in [0, 0.1) is 0 Å². The van der Waals surface area contributed by atoms with Crippen LogP contribution in [0.3, 0.4) is 0 Å². The van der Waals surface area contributed by atoms with Gasteiger partial charge in [0.25, 0.3) is 5.91 Å². The normalized spacial score (nSPS) is 26.4. The van der Waals surface area contributed by atoms with Crippen molar-refractivity contribution in [3.63, 3.8) is 0 Å². The highest BCUT2D eigenvalue weighted by molar-refractivity contribution is 6.09. The second kappa shape index (κ2) is 8.16. The summed E-state index contributed by atoms with van der Waals surface area (Å²) in [5.41, 5.74) is 1.46. The van der Waals surface area contributed by atoms with Gasteiger partial charge in [-0.1, -0.05) is 54.6 Å². The van der Waals surface area contributed by atoms with E-state index in [1.807, 2.05) is 30.3 Å². The van der Waals surface area contributed by atoms with E-state index >= 15 is 0 Å². The molecule has 3 aliphatic rings. The average Bonchev–Trinajstić information content (AvgIpc) is 3.29. The summed E-state index contributed by atoms with van der Waals surface area (Å²) in [7, 11) is 1.50. The van der Waals surface area contributed by atoms with Gasteiger partial charge in [-0.25, -0.2) is 0 Å². The molecule has 1 aliphatic carbocycles. The number of aliphatic hydroxyl groups is 2. The first kappa shape index (κ1) is 22.2. The van der Waals surface area contributed by atoms with Crippen molar-refractivity contribution in [3.8, 4) is 0 Å². The van der Waals surface area contributed by atoms with Crippen molar-refractivity contribution < 1.29 is 19.8 Å². The van der Waals surface area contributed by atoms with Crippen molar-refractivity contribution in [1.29, 1.82) is 0 Å². The zero-order valence-electron chi connectivity index (χ0n) is 19.6. The molecule has 1 unspecified atom stereocenters.